The van der Waals surface area contributed by atoms with Crippen LogP contribution in [0.3, 0.4) is 0 Å². The second-order valence-corrected chi connectivity index (χ2v) is 5.77. The van der Waals surface area contributed by atoms with Crippen LogP contribution >= 0.6 is 0 Å². The maximum Gasteiger partial charge on any atom is 0.263 e. The highest BCUT2D eigenvalue weighted by Crippen LogP contribution is 2.34. The number of ether oxygens (including phenoxy) is 1. The molecule has 0 radical (unpaired) electrons. The summed E-state index contributed by atoms with van der Waals surface area (Å²) >= 11 is 0. The first-order valence-corrected chi connectivity index (χ1v) is 7.55. The summed E-state index contributed by atoms with van der Waals surface area (Å²) in [7, 11) is 1.64. The minimum atomic E-state index is 0.0209. The van der Waals surface area contributed by atoms with Gasteiger partial charge in [-0.3, -0.25) is 9.20 Å². The lowest BCUT2D eigenvalue weighted by Crippen LogP contribution is -2.12. The fourth-order valence-electron chi connectivity index (χ4n) is 3.63. The third-order valence-corrected chi connectivity index (χ3v) is 4.65. The summed E-state index contributed by atoms with van der Waals surface area (Å²) in [6, 6.07) is 19.9. The van der Waals surface area contributed by atoms with Gasteiger partial charge in [0.1, 0.15) is 5.75 Å². The summed E-state index contributed by atoms with van der Waals surface area (Å²) in [4.78, 5) is 13.1. The molecule has 110 valence electrons. The normalized spacial score (nSPS) is 11.9. The largest absolute Gasteiger partial charge is 0.497 e. The van der Waals surface area contributed by atoms with Crippen LogP contribution in [0.25, 0.3) is 38.0 Å². The van der Waals surface area contributed by atoms with Crippen LogP contribution in [0.2, 0.25) is 0 Å². The number of para-hydroxylation sites is 2. The van der Waals surface area contributed by atoms with E-state index in [9.17, 15) is 4.79 Å². The molecule has 0 saturated heterocycles. The van der Waals surface area contributed by atoms with E-state index in [0.717, 1.165) is 38.3 Å². The van der Waals surface area contributed by atoms with Crippen molar-refractivity contribution in [3.8, 4) is 5.75 Å². The third kappa shape index (κ3) is 1.46. The van der Waals surface area contributed by atoms with Crippen molar-refractivity contribution >= 4 is 38.0 Å². The van der Waals surface area contributed by atoms with Gasteiger partial charge in [-0.15, -0.1) is 0 Å². The number of aromatic nitrogens is 1. The summed E-state index contributed by atoms with van der Waals surface area (Å²) in [5.41, 5.74) is 1.97. The first-order chi connectivity index (χ1) is 11.3. The predicted octanol–water partition coefficient (Wildman–Crippen LogP) is 4.21. The number of pyridine rings is 1. The number of nitrogens with zero attached hydrogens (tertiary/aromatic N) is 1. The molecule has 0 N–H and O–H groups in total. The summed E-state index contributed by atoms with van der Waals surface area (Å²) in [5.74, 6) is 0.762. The molecule has 0 unspecified atom stereocenters. The smallest absolute Gasteiger partial charge is 0.263 e. The summed E-state index contributed by atoms with van der Waals surface area (Å²) in [5, 5.41) is 4.95. The Bertz CT molecular complexity index is 1270. The van der Waals surface area contributed by atoms with Crippen molar-refractivity contribution in [2.75, 3.05) is 7.11 Å². The van der Waals surface area contributed by atoms with Crippen LogP contribution < -0.4 is 10.3 Å². The second kappa shape index (κ2) is 4.23. The van der Waals surface area contributed by atoms with E-state index < -0.39 is 0 Å². The number of methoxy groups -OCH3 is 1. The average molecular weight is 299 g/mol. The van der Waals surface area contributed by atoms with Crippen molar-refractivity contribution in [1.29, 1.82) is 0 Å². The van der Waals surface area contributed by atoms with Crippen LogP contribution in [0.5, 0.6) is 5.75 Å². The van der Waals surface area contributed by atoms with E-state index in [2.05, 4.69) is 18.2 Å². The van der Waals surface area contributed by atoms with Gasteiger partial charge in [-0.05, 0) is 24.3 Å². The first kappa shape index (κ1) is 12.5. The Hall–Kier alpha value is -3.07. The number of hydrogen-bond donors (Lipinski definition) is 0. The molecule has 0 fully saturated rings. The van der Waals surface area contributed by atoms with E-state index in [-0.39, 0.29) is 5.56 Å². The Morgan fingerprint density at radius 3 is 2.35 bits per heavy atom. The van der Waals surface area contributed by atoms with Gasteiger partial charge in [-0.25, -0.2) is 0 Å². The first-order valence-electron chi connectivity index (χ1n) is 7.55. The topological polar surface area (TPSA) is 30.7 Å². The molecule has 0 saturated carbocycles. The molecule has 0 spiro atoms. The van der Waals surface area contributed by atoms with E-state index in [0.29, 0.717) is 5.39 Å². The van der Waals surface area contributed by atoms with Gasteiger partial charge in [0.2, 0.25) is 0 Å². The maximum absolute atomic E-state index is 13.1. The molecule has 0 aliphatic rings. The zero-order chi connectivity index (χ0) is 15.6. The van der Waals surface area contributed by atoms with Gasteiger partial charge in [-0.1, -0.05) is 36.4 Å². The van der Waals surface area contributed by atoms with Crippen molar-refractivity contribution < 1.29 is 4.74 Å². The zero-order valence-electron chi connectivity index (χ0n) is 12.5. The quantitative estimate of drug-likeness (QED) is 0.434. The molecule has 3 nitrogen and oxygen atoms in total. The molecular weight excluding hydrogens is 286 g/mol. The molecule has 0 bridgehead atoms. The average Bonchev–Trinajstić information content (AvgIpc) is 2.95. The number of benzene rings is 3. The summed E-state index contributed by atoms with van der Waals surface area (Å²) < 4.78 is 7.18. The van der Waals surface area contributed by atoms with Gasteiger partial charge in [0.25, 0.3) is 5.56 Å². The Morgan fingerprint density at radius 2 is 1.52 bits per heavy atom. The van der Waals surface area contributed by atoms with Crippen LogP contribution in [-0.4, -0.2) is 11.5 Å². The summed E-state index contributed by atoms with van der Waals surface area (Å²) in [6.45, 7) is 0. The highest BCUT2D eigenvalue weighted by atomic mass is 16.5. The minimum Gasteiger partial charge on any atom is -0.497 e. The Kier molecular flexibility index (Phi) is 2.29. The predicted molar refractivity (Wildman–Crippen MR) is 93.9 cm³/mol. The lowest BCUT2D eigenvalue weighted by atomic mass is 10.0. The molecule has 5 aromatic rings. The maximum atomic E-state index is 13.1. The van der Waals surface area contributed by atoms with E-state index in [4.69, 9.17) is 4.74 Å². The molecule has 0 atom stereocenters. The van der Waals surface area contributed by atoms with E-state index in [1.165, 1.54) is 0 Å². The van der Waals surface area contributed by atoms with Gasteiger partial charge < -0.3 is 4.74 Å². The van der Waals surface area contributed by atoms with Gasteiger partial charge in [0.05, 0.1) is 18.1 Å². The lowest BCUT2D eigenvalue weighted by molar-refractivity contribution is 0.415. The number of fused-ring (bicyclic) bond motifs is 5. The minimum absolute atomic E-state index is 0.0209. The molecule has 2 aromatic heterocycles. The van der Waals surface area contributed by atoms with E-state index in [1.807, 2.05) is 46.9 Å². The third-order valence-electron chi connectivity index (χ3n) is 4.65. The van der Waals surface area contributed by atoms with Gasteiger partial charge in [0.15, 0.2) is 0 Å². The Morgan fingerprint density at radius 1 is 0.783 bits per heavy atom. The van der Waals surface area contributed by atoms with Crippen molar-refractivity contribution in [1.82, 2.24) is 4.40 Å². The Labute approximate surface area is 131 Å². The van der Waals surface area contributed by atoms with Gasteiger partial charge in [-0.2, -0.15) is 0 Å². The zero-order valence-corrected chi connectivity index (χ0v) is 12.5. The second-order valence-electron chi connectivity index (χ2n) is 5.77. The van der Waals surface area contributed by atoms with Crippen molar-refractivity contribution in [2.45, 2.75) is 0 Å². The highest BCUT2D eigenvalue weighted by molar-refractivity contribution is 6.20. The monoisotopic (exact) mass is 299 g/mol. The molecule has 0 aliphatic carbocycles. The fourth-order valence-corrected chi connectivity index (χ4v) is 3.63. The van der Waals surface area contributed by atoms with Crippen LogP contribution in [0.1, 0.15) is 0 Å². The van der Waals surface area contributed by atoms with Crippen molar-refractivity contribution in [3.05, 3.63) is 71.0 Å². The number of rotatable bonds is 1. The summed E-state index contributed by atoms with van der Waals surface area (Å²) in [6.07, 6.45) is 0. The lowest BCUT2D eigenvalue weighted by Gasteiger charge is -2.07. The molecule has 3 heteroatoms. The van der Waals surface area contributed by atoms with Gasteiger partial charge in [0, 0.05) is 26.9 Å². The van der Waals surface area contributed by atoms with Crippen molar-refractivity contribution in [2.24, 2.45) is 0 Å². The standard InChI is InChI=1S/C20H13NO2/c1-23-12-9-10-16-17(11-12)15-7-4-6-14-13-5-2-3-8-18(13)21(19(14)15)20(16)22/h2-11H,1H3. The molecule has 23 heavy (non-hydrogen) atoms. The van der Waals surface area contributed by atoms with Gasteiger partial charge >= 0.3 is 0 Å². The molecule has 0 amide bonds. The molecule has 0 aliphatic heterocycles. The fraction of sp³-hybridized carbons (Fsp3) is 0.0500. The number of hydrogen-bond acceptors (Lipinski definition) is 2. The molecular formula is C20H13NO2. The SMILES string of the molecule is COc1ccc2c(=O)n3c4ccccc4c4cccc(c2c1)c43. The molecule has 5 rings (SSSR count). The van der Waals surface area contributed by atoms with Crippen molar-refractivity contribution in [3.63, 3.8) is 0 Å². The van der Waals surface area contributed by atoms with Crippen LogP contribution in [0, 0.1) is 0 Å². The van der Waals surface area contributed by atoms with E-state index in [1.54, 1.807) is 7.11 Å². The van der Waals surface area contributed by atoms with Crippen LogP contribution in [-0.2, 0) is 0 Å². The highest BCUT2D eigenvalue weighted by Gasteiger charge is 2.16. The molecule has 3 aromatic carbocycles. The van der Waals surface area contributed by atoms with Crippen LogP contribution in [0.15, 0.2) is 65.5 Å². The molecule has 2 heterocycles. The van der Waals surface area contributed by atoms with E-state index >= 15 is 0 Å². The Balaban J connectivity index is 2.21. The van der Waals surface area contributed by atoms with Crippen LogP contribution in [0.4, 0.5) is 0 Å².